The standard InChI is InChI=1S/C44H48N4/c1-43(2)25-31(20-35(27-43)33-10-14-39(15-11-33)47(5)6)19-30-9-18-42-41(23-30)37(29-45)24-38(46-42)22-32-21-36(28-44(3,4)26-32)34-12-16-40(17-13-34)48(7)8/h9-24H,25-28H2,1-8H3. The van der Waals surface area contributed by atoms with Gasteiger partial charge in [-0.05, 0) is 124 Å². The summed E-state index contributed by atoms with van der Waals surface area (Å²) in [5, 5.41) is 11.2. The first-order valence-electron chi connectivity index (χ1n) is 17.0. The smallest absolute Gasteiger partial charge is 0.0999 e. The van der Waals surface area contributed by atoms with Gasteiger partial charge in [0, 0.05) is 45.0 Å². The molecule has 0 radical (unpaired) electrons. The molecule has 4 aromatic rings. The molecule has 0 atom stereocenters. The van der Waals surface area contributed by atoms with Crippen molar-refractivity contribution >= 4 is 45.6 Å². The van der Waals surface area contributed by atoms with Crippen LogP contribution in [0.2, 0.25) is 0 Å². The molecular formula is C44H48N4. The third-order valence-electron chi connectivity index (χ3n) is 9.59. The average Bonchev–Trinajstić information content (AvgIpc) is 3.03. The van der Waals surface area contributed by atoms with Crippen molar-refractivity contribution in [1.82, 2.24) is 4.98 Å². The Kier molecular flexibility index (Phi) is 8.92. The molecule has 6 rings (SSSR count). The minimum Gasteiger partial charge on any atom is -0.378 e. The summed E-state index contributed by atoms with van der Waals surface area (Å²) in [4.78, 5) is 9.30. The zero-order chi connectivity index (χ0) is 34.2. The number of aromatic nitrogens is 1. The first-order chi connectivity index (χ1) is 22.8. The number of benzene rings is 3. The van der Waals surface area contributed by atoms with Gasteiger partial charge in [-0.1, -0.05) is 76.3 Å². The second-order valence-electron chi connectivity index (χ2n) is 15.7. The second kappa shape index (κ2) is 13.0. The Morgan fingerprint density at radius 1 is 0.646 bits per heavy atom. The molecule has 4 heteroatoms. The van der Waals surface area contributed by atoms with Crippen LogP contribution in [0.4, 0.5) is 11.4 Å². The van der Waals surface area contributed by atoms with Crippen LogP contribution in [-0.4, -0.2) is 33.2 Å². The number of nitriles is 1. The first kappa shape index (κ1) is 33.0. The lowest BCUT2D eigenvalue weighted by Gasteiger charge is -2.32. The molecule has 0 bridgehead atoms. The Morgan fingerprint density at radius 3 is 1.62 bits per heavy atom. The van der Waals surface area contributed by atoms with Crippen LogP contribution in [0.15, 0.2) is 96.1 Å². The van der Waals surface area contributed by atoms with E-state index in [2.05, 4.69) is 163 Å². The predicted molar refractivity (Wildman–Crippen MR) is 206 cm³/mol. The maximum absolute atomic E-state index is 10.3. The number of anilines is 2. The molecule has 0 amide bonds. The van der Waals surface area contributed by atoms with Crippen molar-refractivity contribution in [1.29, 1.82) is 5.26 Å². The van der Waals surface area contributed by atoms with Crippen LogP contribution in [0.5, 0.6) is 0 Å². The van der Waals surface area contributed by atoms with E-state index < -0.39 is 0 Å². The van der Waals surface area contributed by atoms with Crippen LogP contribution in [0.3, 0.4) is 0 Å². The predicted octanol–water partition coefficient (Wildman–Crippen LogP) is 10.8. The fraction of sp³-hybridized carbons (Fsp3) is 0.318. The van der Waals surface area contributed by atoms with Crippen molar-refractivity contribution in [2.45, 2.75) is 53.4 Å². The van der Waals surface area contributed by atoms with E-state index in [0.717, 1.165) is 47.8 Å². The summed E-state index contributed by atoms with van der Waals surface area (Å²) in [6.07, 6.45) is 13.2. The molecule has 0 saturated heterocycles. The molecule has 3 aromatic carbocycles. The van der Waals surface area contributed by atoms with Gasteiger partial charge in [-0.2, -0.15) is 5.26 Å². The molecule has 0 spiro atoms. The van der Waals surface area contributed by atoms with E-state index in [4.69, 9.17) is 4.98 Å². The number of fused-ring (bicyclic) bond motifs is 1. The third kappa shape index (κ3) is 7.47. The molecule has 244 valence electrons. The Balaban J connectivity index is 1.32. The van der Waals surface area contributed by atoms with E-state index in [-0.39, 0.29) is 10.8 Å². The average molecular weight is 633 g/mol. The van der Waals surface area contributed by atoms with Gasteiger partial charge in [0.25, 0.3) is 0 Å². The minimum atomic E-state index is 0.130. The third-order valence-corrected chi connectivity index (χ3v) is 9.59. The lowest BCUT2D eigenvalue weighted by Crippen LogP contribution is -2.17. The number of hydrogen-bond donors (Lipinski definition) is 0. The summed E-state index contributed by atoms with van der Waals surface area (Å²) < 4.78 is 0. The van der Waals surface area contributed by atoms with E-state index in [0.29, 0.717) is 5.56 Å². The van der Waals surface area contributed by atoms with Gasteiger partial charge < -0.3 is 9.80 Å². The Bertz CT molecular complexity index is 2010. The summed E-state index contributed by atoms with van der Waals surface area (Å²) in [6.45, 7) is 9.36. The molecule has 1 heterocycles. The molecule has 0 fully saturated rings. The normalized spacial score (nSPS) is 18.7. The molecule has 2 aliphatic rings. The van der Waals surface area contributed by atoms with Crippen molar-refractivity contribution in [3.63, 3.8) is 0 Å². The summed E-state index contributed by atoms with van der Waals surface area (Å²) in [7, 11) is 8.29. The van der Waals surface area contributed by atoms with Crippen LogP contribution in [0.25, 0.3) is 34.2 Å². The summed E-state index contributed by atoms with van der Waals surface area (Å²) >= 11 is 0. The lowest BCUT2D eigenvalue weighted by molar-refractivity contribution is 0.370. The van der Waals surface area contributed by atoms with E-state index in [1.807, 2.05) is 6.07 Å². The van der Waals surface area contributed by atoms with E-state index in [9.17, 15) is 5.26 Å². The van der Waals surface area contributed by atoms with Gasteiger partial charge in [0.15, 0.2) is 0 Å². The van der Waals surface area contributed by atoms with Gasteiger partial charge in [0.05, 0.1) is 22.8 Å². The van der Waals surface area contributed by atoms with Gasteiger partial charge in [-0.3, -0.25) is 0 Å². The SMILES string of the molecule is CN(C)c1ccc(C2=CC(=Cc3ccc4nc(C=C5C=C(c6ccc(N(C)C)cc6)CC(C)(C)C5)cc(C#N)c4c3)CC(C)(C)C2)cc1. The number of rotatable bonds is 6. The van der Waals surface area contributed by atoms with Crippen LogP contribution in [0, 0.1) is 22.2 Å². The number of nitrogens with zero attached hydrogens (tertiary/aromatic N) is 4. The van der Waals surface area contributed by atoms with Gasteiger partial charge in [0.1, 0.15) is 0 Å². The van der Waals surface area contributed by atoms with Crippen molar-refractivity contribution in [2.24, 2.45) is 10.8 Å². The van der Waals surface area contributed by atoms with Crippen LogP contribution >= 0.6 is 0 Å². The van der Waals surface area contributed by atoms with Crippen molar-refractivity contribution in [2.75, 3.05) is 38.0 Å². The maximum atomic E-state index is 10.3. The zero-order valence-electron chi connectivity index (χ0n) is 29.9. The number of hydrogen-bond acceptors (Lipinski definition) is 4. The fourth-order valence-electron chi connectivity index (χ4n) is 7.34. The monoisotopic (exact) mass is 632 g/mol. The van der Waals surface area contributed by atoms with Crippen molar-refractivity contribution in [3.05, 3.63) is 124 Å². The van der Waals surface area contributed by atoms with Gasteiger partial charge in [-0.25, -0.2) is 4.98 Å². The molecule has 0 saturated carbocycles. The van der Waals surface area contributed by atoms with Crippen LogP contribution in [-0.2, 0) is 0 Å². The van der Waals surface area contributed by atoms with E-state index in [1.54, 1.807) is 0 Å². The van der Waals surface area contributed by atoms with Gasteiger partial charge in [0.2, 0.25) is 0 Å². The molecule has 0 unspecified atom stereocenters. The Morgan fingerprint density at radius 2 is 1.15 bits per heavy atom. The quantitative estimate of drug-likeness (QED) is 0.212. The van der Waals surface area contributed by atoms with Gasteiger partial charge in [-0.15, -0.1) is 0 Å². The highest BCUT2D eigenvalue weighted by Crippen LogP contribution is 2.44. The molecule has 0 aliphatic heterocycles. The van der Waals surface area contributed by atoms with Crippen LogP contribution < -0.4 is 9.80 Å². The maximum Gasteiger partial charge on any atom is 0.0999 e. The minimum absolute atomic E-state index is 0.130. The Hall–Kier alpha value is -4.88. The number of allylic oxidation sites excluding steroid dienone is 6. The van der Waals surface area contributed by atoms with Crippen molar-refractivity contribution < 1.29 is 0 Å². The topological polar surface area (TPSA) is 43.2 Å². The number of pyridine rings is 1. The molecule has 2 aliphatic carbocycles. The lowest BCUT2D eigenvalue weighted by atomic mass is 9.73. The highest BCUT2D eigenvalue weighted by Gasteiger charge is 2.27. The van der Waals surface area contributed by atoms with Crippen molar-refractivity contribution in [3.8, 4) is 6.07 Å². The highest BCUT2D eigenvalue weighted by molar-refractivity contribution is 5.88. The molecule has 4 nitrogen and oxygen atoms in total. The summed E-state index contributed by atoms with van der Waals surface area (Å²) in [5.74, 6) is 0. The summed E-state index contributed by atoms with van der Waals surface area (Å²) in [6, 6.07) is 28.4. The van der Waals surface area contributed by atoms with E-state index >= 15 is 0 Å². The molecule has 0 N–H and O–H groups in total. The second-order valence-corrected chi connectivity index (χ2v) is 15.7. The Labute approximate surface area is 287 Å². The van der Waals surface area contributed by atoms with Crippen LogP contribution in [0.1, 0.15) is 81.3 Å². The summed E-state index contributed by atoms with van der Waals surface area (Å²) in [5.41, 5.74) is 13.9. The molecular weight excluding hydrogens is 585 g/mol. The first-order valence-corrected chi connectivity index (χ1v) is 17.0. The van der Waals surface area contributed by atoms with Gasteiger partial charge >= 0.3 is 0 Å². The fourth-order valence-corrected chi connectivity index (χ4v) is 7.34. The molecule has 1 aromatic heterocycles. The zero-order valence-corrected chi connectivity index (χ0v) is 29.9. The highest BCUT2D eigenvalue weighted by atomic mass is 15.1. The largest absolute Gasteiger partial charge is 0.378 e. The molecule has 48 heavy (non-hydrogen) atoms. The van der Waals surface area contributed by atoms with E-state index in [1.165, 1.54) is 44.8 Å².